The molecule has 1 saturated heterocycles. The van der Waals surface area contributed by atoms with Crippen molar-refractivity contribution in [2.75, 3.05) is 41.0 Å². The summed E-state index contributed by atoms with van der Waals surface area (Å²) in [6.45, 7) is 10.0. The van der Waals surface area contributed by atoms with Crippen molar-refractivity contribution in [2.24, 2.45) is 0 Å². The van der Waals surface area contributed by atoms with Crippen LogP contribution in [0.25, 0.3) is 0 Å². The quantitative estimate of drug-likeness (QED) is 0.278. The highest BCUT2D eigenvalue weighted by Crippen LogP contribution is 2.59. The molecule has 7 aliphatic rings. The summed E-state index contributed by atoms with van der Waals surface area (Å²) in [6.07, 6.45) is 11.8. The molecule has 2 aliphatic carbocycles. The van der Waals surface area contributed by atoms with E-state index in [4.69, 9.17) is 28.4 Å². The number of ketones is 1. The van der Waals surface area contributed by atoms with Crippen LogP contribution in [0, 0.1) is 13.8 Å². The Labute approximate surface area is 302 Å². The van der Waals surface area contributed by atoms with Gasteiger partial charge in [0.05, 0.1) is 37.8 Å². The Bertz CT molecular complexity index is 1790. The topological polar surface area (TPSA) is 96.0 Å². The van der Waals surface area contributed by atoms with E-state index >= 15 is 0 Å². The Morgan fingerprint density at radius 2 is 1.47 bits per heavy atom. The molecule has 3 spiro atoms. The van der Waals surface area contributed by atoms with Crippen LogP contribution >= 0.6 is 0 Å². The number of aryl methyl sites for hydroxylation is 2. The Morgan fingerprint density at radius 3 is 2.08 bits per heavy atom. The Hall–Kier alpha value is -3.86. The first kappa shape index (κ1) is 36.9. The van der Waals surface area contributed by atoms with Gasteiger partial charge in [0.1, 0.15) is 12.2 Å². The van der Waals surface area contributed by atoms with E-state index in [1.54, 1.807) is 20.3 Å². The van der Waals surface area contributed by atoms with Crippen LogP contribution in [-0.2, 0) is 43.0 Å². The largest absolute Gasteiger partial charge is 0.493 e. The third-order valence-electron chi connectivity index (χ3n) is 11.9. The molecule has 0 bridgehead atoms. The van der Waals surface area contributed by atoms with Crippen LogP contribution in [-0.4, -0.2) is 87.1 Å². The number of nitrogens with zero attached hydrogens (tertiary/aromatic N) is 2. The first-order chi connectivity index (χ1) is 23.5. The molecule has 6 unspecified atom stereocenters. The minimum atomic E-state index is -0.712. The highest BCUT2D eigenvalue weighted by molar-refractivity contribution is 5.92. The molecule has 10 heteroatoms. The van der Waals surface area contributed by atoms with E-state index in [2.05, 4.69) is 50.1 Å². The summed E-state index contributed by atoms with van der Waals surface area (Å²) >= 11 is 0. The predicted molar refractivity (Wildman–Crippen MR) is 195 cm³/mol. The lowest BCUT2D eigenvalue weighted by molar-refractivity contribution is -0.154. The number of benzene rings is 2. The number of hydrogen-bond donors (Lipinski definition) is 0. The monoisotopic (exact) mass is 702 g/mol. The lowest BCUT2D eigenvalue weighted by atomic mass is 9.68. The van der Waals surface area contributed by atoms with Gasteiger partial charge < -0.3 is 38.2 Å². The first-order valence-corrected chi connectivity index (χ1v) is 17.4. The van der Waals surface area contributed by atoms with Crippen molar-refractivity contribution in [1.82, 2.24) is 9.80 Å². The summed E-state index contributed by atoms with van der Waals surface area (Å²) in [5.74, 6) is 2.64. The van der Waals surface area contributed by atoms with Gasteiger partial charge >= 0.3 is 0 Å². The van der Waals surface area contributed by atoms with Crippen LogP contribution < -0.4 is 18.9 Å². The molecule has 10 nitrogen and oxygen atoms in total. The fourth-order valence-electron chi connectivity index (χ4n) is 9.31. The second-order valence-corrected chi connectivity index (χ2v) is 14.9. The molecule has 0 saturated carbocycles. The zero-order valence-electron chi connectivity index (χ0n) is 29.3. The Morgan fingerprint density at radius 1 is 0.863 bits per heavy atom. The number of hydrogen-bond acceptors (Lipinski definition) is 9. The molecule has 2 aromatic carbocycles. The van der Waals surface area contributed by atoms with Crippen LogP contribution in [0.15, 0.2) is 36.4 Å². The molecular formula is C41H54N2O8. The van der Waals surface area contributed by atoms with E-state index in [1.807, 2.05) is 17.9 Å². The second-order valence-electron chi connectivity index (χ2n) is 14.9. The fraction of sp³-hybridized carbons (Fsp3) is 0.561. The maximum atomic E-state index is 11.9. The SMILES string of the molecule is C.C.COc1cc(C)c2c3c1OC1CC(=O)C=CC31CCN(C)C2.COc1cc(C)c2c3c1OC1CC4(C=CC31CCN(C=O)C2)OCC(C)O4. The van der Waals surface area contributed by atoms with Crippen LogP contribution in [0.1, 0.15) is 80.8 Å². The standard InChI is InChI=1S/C21H25NO5.C18H21NO3.2CH4/c1-13-8-16(24-3)19-18-15(13)10-22(12-23)7-6-20(18)4-5-21(9-17(20)26-19)25-11-14(2)27-21;1-11-8-14(21-3)17-16-13(11)10-19(2)7-6-18(16)5-4-12(20)9-15(18)22-17;;/h4-5,8,12,14,17H,6-7,9-11H2,1-3H3;4-5,8,15H,6-7,9-10H2,1-3H3;2*1H4. The van der Waals surface area contributed by atoms with Crippen molar-refractivity contribution in [3.05, 3.63) is 69.8 Å². The lowest BCUT2D eigenvalue weighted by Gasteiger charge is -2.40. The first-order valence-electron chi connectivity index (χ1n) is 17.4. The van der Waals surface area contributed by atoms with Crippen molar-refractivity contribution in [3.63, 3.8) is 0 Å². The van der Waals surface area contributed by atoms with E-state index in [-0.39, 0.29) is 49.8 Å². The fourth-order valence-corrected chi connectivity index (χ4v) is 9.31. The minimum Gasteiger partial charge on any atom is -0.493 e. The number of carbonyl (C=O) groups excluding carboxylic acids is 2. The van der Waals surface area contributed by atoms with Gasteiger partial charge in [-0.25, -0.2) is 0 Å². The zero-order chi connectivity index (χ0) is 34.3. The Balaban J connectivity index is 0.000000172. The molecule has 5 aliphatic heterocycles. The number of carbonyl (C=O) groups is 2. The van der Waals surface area contributed by atoms with E-state index < -0.39 is 5.79 Å². The molecule has 5 heterocycles. The maximum Gasteiger partial charge on any atom is 0.210 e. The summed E-state index contributed by atoms with van der Waals surface area (Å²) < 4.78 is 36.1. The van der Waals surface area contributed by atoms with Gasteiger partial charge in [0, 0.05) is 43.6 Å². The number of rotatable bonds is 3. The van der Waals surface area contributed by atoms with E-state index in [9.17, 15) is 9.59 Å². The van der Waals surface area contributed by atoms with Crippen LogP contribution in [0.5, 0.6) is 23.0 Å². The number of ether oxygens (including phenoxy) is 6. The average molecular weight is 703 g/mol. The third-order valence-corrected chi connectivity index (χ3v) is 11.9. The van der Waals surface area contributed by atoms with Gasteiger partial charge in [-0.05, 0) is 93.7 Å². The van der Waals surface area contributed by atoms with Crippen molar-refractivity contribution >= 4 is 12.2 Å². The second kappa shape index (κ2) is 13.3. The van der Waals surface area contributed by atoms with Crippen LogP contribution in [0.2, 0.25) is 0 Å². The van der Waals surface area contributed by atoms with Gasteiger partial charge in [-0.3, -0.25) is 9.59 Å². The van der Waals surface area contributed by atoms with Crippen molar-refractivity contribution in [1.29, 1.82) is 0 Å². The molecule has 6 atom stereocenters. The highest BCUT2D eigenvalue weighted by atomic mass is 16.7. The minimum absolute atomic E-state index is 0. The smallest absolute Gasteiger partial charge is 0.210 e. The third kappa shape index (κ3) is 5.56. The number of allylic oxidation sites excluding steroid dienone is 1. The van der Waals surface area contributed by atoms with E-state index in [1.165, 1.54) is 27.8 Å². The van der Waals surface area contributed by atoms with Crippen molar-refractivity contribution < 1.29 is 38.0 Å². The Kier molecular flexibility index (Phi) is 9.61. The van der Waals surface area contributed by atoms with Crippen molar-refractivity contribution in [2.45, 2.75) is 109 Å². The summed E-state index contributed by atoms with van der Waals surface area (Å²) in [5, 5.41) is 0. The van der Waals surface area contributed by atoms with Gasteiger partial charge in [0.25, 0.3) is 0 Å². The van der Waals surface area contributed by atoms with Gasteiger partial charge in [-0.2, -0.15) is 0 Å². The normalized spacial score (nSPS) is 31.9. The summed E-state index contributed by atoms with van der Waals surface area (Å²) in [6, 6.07) is 4.07. The predicted octanol–water partition coefficient (Wildman–Crippen LogP) is 6.10. The molecule has 276 valence electrons. The summed E-state index contributed by atoms with van der Waals surface area (Å²) in [5.41, 5.74) is 6.82. The number of amides is 1. The lowest BCUT2D eigenvalue weighted by Crippen LogP contribution is -2.48. The molecule has 0 radical (unpaired) electrons. The molecule has 9 rings (SSSR count). The highest BCUT2D eigenvalue weighted by Gasteiger charge is 2.58. The van der Waals surface area contributed by atoms with Gasteiger partial charge in [-0.1, -0.05) is 27.0 Å². The number of methoxy groups -OCH3 is 2. The van der Waals surface area contributed by atoms with E-state index in [0.29, 0.717) is 32.5 Å². The maximum absolute atomic E-state index is 11.9. The molecule has 0 aromatic heterocycles. The summed E-state index contributed by atoms with van der Waals surface area (Å²) in [7, 11) is 5.51. The van der Waals surface area contributed by atoms with Crippen LogP contribution in [0.3, 0.4) is 0 Å². The molecule has 0 N–H and O–H groups in total. The van der Waals surface area contributed by atoms with Gasteiger partial charge in [0.2, 0.25) is 6.41 Å². The zero-order valence-corrected chi connectivity index (χ0v) is 29.3. The van der Waals surface area contributed by atoms with E-state index in [0.717, 1.165) is 60.9 Å². The molecule has 1 fully saturated rings. The molecule has 51 heavy (non-hydrogen) atoms. The molecule has 2 aromatic rings. The van der Waals surface area contributed by atoms with Gasteiger partial charge in [-0.15, -0.1) is 0 Å². The average Bonchev–Trinajstić information content (AvgIpc) is 3.65. The van der Waals surface area contributed by atoms with Gasteiger partial charge in [0.15, 0.2) is 34.6 Å². The summed E-state index contributed by atoms with van der Waals surface area (Å²) in [4.78, 5) is 27.7. The van der Waals surface area contributed by atoms with Crippen molar-refractivity contribution in [3.8, 4) is 23.0 Å². The molecular weight excluding hydrogens is 648 g/mol. The van der Waals surface area contributed by atoms with Crippen LogP contribution in [0.4, 0.5) is 0 Å². The molecule has 1 amide bonds.